The molecular formula is C12H22N2O3. The van der Waals surface area contributed by atoms with Crippen molar-refractivity contribution in [3.63, 3.8) is 0 Å². The van der Waals surface area contributed by atoms with Gasteiger partial charge in [-0.05, 0) is 19.8 Å². The van der Waals surface area contributed by atoms with Gasteiger partial charge in [-0.1, -0.05) is 0 Å². The van der Waals surface area contributed by atoms with Crippen molar-refractivity contribution in [3.05, 3.63) is 0 Å². The molecule has 1 atom stereocenters. The van der Waals surface area contributed by atoms with Crippen LogP contribution in [0.5, 0.6) is 0 Å². The van der Waals surface area contributed by atoms with E-state index in [0.29, 0.717) is 0 Å². The molecule has 2 aliphatic heterocycles. The standard InChI is InChI=1S/C12H22N2O3/c1-10(17-11-2-8-16-9-3-11)12(15)14-6-4-13-5-7-14/h10-11,13H,2-9H2,1H3. The summed E-state index contributed by atoms with van der Waals surface area (Å²) in [6.07, 6.45) is 1.67. The normalized spacial score (nSPS) is 24.6. The van der Waals surface area contributed by atoms with E-state index in [9.17, 15) is 4.79 Å². The van der Waals surface area contributed by atoms with Crippen LogP contribution in [0.2, 0.25) is 0 Å². The number of piperazine rings is 1. The Morgan fingerprint density at radius 2 is 2.00 bits per heavy atom. The molecule has 2 fully saturated rings. The highest BCUT2D eigenvalue weighted by Gasteiger charge is 2.25. The highest BCUT2D eigenvalue weighted by Crippen LogP contribution is 2.14. The van der Waals surface area contributed by atoms with Gasteiger partial charge in [0.25, 0.3) is 5.91 Å². The number of nitrogens with one attached hydrogen (secondary N) is 1. The number of amides is 1. The van der Waals surface area contributed by atoms with Gasteiger partial charge in [0.15, 0.2) is 0 Å². The van der Waals surface area contributed by atoms with E-state index in [-0.39, 0.29) is 18.1 Å². The largest absolute Gasteiger partial charge is 0.381 e. The van der Waals surface area contributed by atoms with Crippen LogP contribution >= 0.6 is 0 Å². The smallest absolute Gasteiger partial charge is 0.251 e. The number of nitrogens with zero attached hydrogens (tertiary/aromatic N) is 1. The van der Waals surface area contributed by atoms with Gasteiger partial charge in [0.05, 0.1) is 6.10 Å². The van der Waals surface area contributed by atoms with Crippen molar-refractivity contribution < 1.29 is 14.3 Å². The van der Waals surface area contributed by atoms with Gasteiger partial charge in [-0.2, -0.15) is 0 Å². The maximum absolute atomic E-state index is 12.1. The summed E-state index contributed by atoms with van der Waals surface area (Å²) in [6, 6.07) is 0. The van der Waals surface area contributed by atoms with Crippen LogP contribution in [-0.4, -0.2) is 62.4 Å². The predicted molar refractivity (Wildman–Crippen MR) is 63.8 cm³/mol. The number of ether oxygens (including phenoxy) is 2. The SMILES string of the molecule is CC(OC1CCOCC1)C(=O)N1CCNCC1. The Hall–Kier alpha value is -0.650. The highest BCUT2D eigenvalue weighted by molar-refractivity contribution is 5.80. The maximum atomic E-state index is 12.1. The van der Waals surface area contributed by atoms with Crippen molar-refractivity contribution in [2.24, 2.45) is 0 Å². The first-order valence-corrected chi connectivity index (χ1v) is 6.50. The Balaban J connectivity index is 1.77. The molecule has 1 amide bonds. The van der Waals surface area contributed by atoms with E-state index in [1.165, 1.54) is 0 Å². The minimum absolute atomic E-state index is 0.123. The number of hydrogen-bond acceptors (Lipinski definition) is 4. The van der Waals surface area contributed by atoms with Gasteiger partial charge in [0, 0.05) is 39.4 Å². The molecular weight excluding hydrogens is 220 g/mol. The summed E-state index contributed by atoms with van der Waals surface area (Å²) in [4.78, 5) is 14.0. The van der Waals surface area contributed by atoms with Crippen LogP contribution < -0.4 is 5.32 Å². The molecule has 0 aromatic heterocycles. The van der Waals surface area contributed by atoms with E-state index in [0.717, 1.165) is 52.2 Å². The molecule has 2 saturated heterocycles. The van der Waals surface area contributed by atoms with E-state index in [1.54, 1.807) is 0 Å². The summed E-state index contributed by atoms with van der Waals surface area (Å²) in [5.74, 6) is 0.123. The Labute approximate surface area is 102 Å². The lowest BCUT2D eigenvalue weighted by Crippen LogP contribution is -2.50. The molecule has 0 aromatic carbocycles. The third kappa shape index (κ3) is 3.66. The Morgan fingerprint density at radius 1 is 1.35 bits per heavy atom. The van der Waals surface area contributed by atoms with Crippen LogP contribution in [0, 0.1) is 0 Å². The van der Waals surface area contributed by atoms with E-state index in [4.69, 9.17) is 9.47 Å². The van der Waals surface area contributed by atoms with Crippen molar-refractivity contribution in [2.75, 3.05) is 39.4 Å². The lowest BCUT2D eigenvalue weighted by Gasteiger charge is -2.32. The summed E-state index contributed by atoms with van der Waals surface area (Å²) in [5.41, 5.74) is 0. The summed E-state index contributed by atoms with van der Waals surface area (Å²) < 4.78 is 11.1. The Kier molecular flexibility index (Phi) is 4.76. The van der Waals surface area contributed by atoms with Crippen LogP contribution in [0.15, 0.2) is 0 Å². The van der Waals surface area contributed by atoms with Gasteiger partial charge in [0.2, 0.25) is 0 Å². The Morgan fingerprint density at radius 3 is 2.65 bits per heavy atom. The highest BCUT2D eigenvalue weighted by atomic mass is 16.5. The number of rotatable bonds is 3. The summed E-state index contributed by atoms with van der Waals surface area (Å²) in [7, 11) is 0. The molecule has 17 heavy (non-hydrogen) atoms. The first-order valence-electron chi connectivity index (χ1n) is 6.50. The van der Waals surface area contributed by atoms with Gasteiger partial charge in [-0.25, -0.2) is 0 Å². The van der Waals surface area contributed by atoms with E-state index in [1.807, 2.05) is 11.8 Å². The van der Waals surface area contributed by atoms with Gasteiger partial charge in [-0.15, -0.1) is 0 Å². The summed E-state index contributed by atoms with van der Waals surface area (Å²) in [5, 5.41) is 3.24. The zero-order valence-corrected chi connectivity index (χ0v) is 10.5. The van der Waals surface area contributed by atoms with E-state index < -0.39 is 0 Å². The fraction of sp³-hybridized carbons (Fsp3) is 0.917. The minimum atomic E-state index is -0.323. The minimum Gasteiger partial charge on any atom is -0.381 e. The summed E-state index contributed by atoms with van der Waals surface area (Å²) >= 11 is 0. The topological polar surface area (TPSA) is 50.8 Å². The molecule has 0 aliphatic carbocycles. The fourth-order valence-electron chi connectivity index (χ4n) is 2.30. The number of hydrogen-bond donors (Lipinski definition) is 1. The second-order valence-electron chi connectivity index (χ2n) is 4.67. The van der Waals surface area contributed by atoms with Gasteiger partial charge < -0.3 is 19.7 Å². The molecule has 1 unspecified atom stereocenters. The molecule has 1 N–H and O–H groups in total. The quantitative estimate of drug-likeness (QED) is 0.757. The average molecular weight is 242 g/mol. The molecule has 5 heteroatoms. The second-order valence-corrected chi connectivity index (χ2v) is 4.67. The second kappa shape index (κ2) is 6.33. The lowest BCUT2D eigenvalue weighted by atomic mass is 10.1. The van der Waals surface area contributed by atoms with Crippen molar-refractivity contribution in [1.29, 1.82) is 0 Å². The number of carbonyl (C=O) groups excluding carboxylic acids is 1. The van der Waals surface area contributed by atoms with Crippen LogP contribution in [0.3, 0.4) is 0 Å². The number of carbonyl (C=O) groups is 1. The van der Waals surface area contributed by atoms with Crippen LogP contribution in [-0.2, 0) is 14.3 Å². The van der Waals surface area contributed by atoms with Crippen molar-refractivity contribution in [3.8, 4) is 0 Å². The zero-order valence-electron chi connectivity index (χ0n) is 10.5. The first kappa shape index (κ1) is 12.8. The van der Waals surface area contributed by atoms with Crippen LogP contribution in [0.1, 0.15) is 19.8 Å². The predicted octanol–water partition coefficient (Wildman–Crippen LogP) is 0.00230. The maximum Gasteiger partial charge on any atom is 0.251 e. The monoisotopic (exact) mass is 242 g/mol. The third-order valence-corrected chi connectivity index (χ3v) is 3.34. The molecule has 0 spiro atoms. The fourth-order valence-corrected chi connectivity index (χ4v) is 2.30. The zero-order chi connectivity index (χ0) is 12.1. The molecule has 2 rings (SSSR count). The molecule has 0 radical (unpaired) electrons. The molecule has 0 saturated carbocycles. The molecule has 0 aromatic rings. The summed E-state index contributed by atoms with van der Waals surface area (Å²) in [6.45, 7) is 6.71. The Bertz CT molecular complexity index is 248. The first-order chi connectivity index (χ1) is 8.27. The van der Waals surface area contributed by atoms with Gasteiger partial charge in [-0.3, -0.25) is 4.79 Å². The molecule has 2 aliphatic rings. The average Bonchev–Trinajstić information content (AvgIpc) is 2.40. The molecule has 2 heterocycles. The van der Waals surface area contributed by atoms with Gasteiger partial charge >= 0.3 is 0 Å². The lowest BCUT2D eigenvalue weighted by molar-refractivity contribution is -0.150. The van der Waals surface area contributed by atoms with E-state index in [2.05, 4.69) is 5.32 Å². The molecule has 0 bridgehead atoms. The molecule has 98 valence electrons. The van der Waals surface area contributed by atoms with Crippen molar-refractivity contribution >= 4 is 5.91 Å². The van der Waals surface area contributed by atoms with Crippen LogP contribution in [0.25, 0.3) is 0 Å². The van der Waals surface area contributed by atoms with Crippen molar-refractivity contribution in [2.45, 2.75) is 32.0 Å². The van der Waals surface area contributed by atoms with Crippen molar-refractivity contribution in [1.82, 2.24) is 10.2 Å². The molecule has 5 nitrogen and oxygen atoms in total. The van der Waals surface area contributed by atoms with Crippen LogP contribution in [0.4, 0.5) is 0 Å². The third-order valence-electron chi connectivity index (χ3n) is 3.34. The van der Waals surface area contributed by atoms with E-state index >= 15 is 0 Å². The van der Waals surface area contributed by atoms with Gasteiger partial charge in [0.1, 0.15) is 6.10 Å².